The molecule has 0 aromatic heterocycles. The van der Waals surface area contributed by atoms with Crippen molar-refractivity contribution in [3.8, 4) is 0 Å². The van der Waals surface area contributed by atoms with Gasteiger partial charge in [-0.25, -0.2) is 0 Å². The summed E-state index contributed by atoms with van der Waals surface area (Å²) in [6.07, 6.45) is 20.0. The van der Waals surface area contributed by atoms with Crippen molar-refractivity contribution in [1.82, 2.24) is 4.67 Å². The van der Waals surface area contributed by atoms with E-state index in [2.05, 4.69) is 6.92 Å². The fourth-order valence-electron chi connectivity index (χ4n) is 5.96. The average Bonchev–Trinajstić information content (AvgIpc) is 2.86. The van der Waals surface area contributed by atoms with E-state index in [0.29, 0.717) is 6.42 Å². The molecule has 0 aliphatic heterocycles. The van der Waals surface area contributed by atoms with Crippen molar-refractivity contribution < 1.29 is 19.3 Å². The van der Waals surface area contributed by atoms with Crippen LogP contribution < -0.4 is 0 Å². The van der Waals surface area contributed by atoms with Gasteiger partial charge < -0.3 is 0 Å². The molecular formula is C33H62NO4P. The van der Waals surface area contributed by atoms with Gasteiger partial charge in [-0.3, -0.25) is 0 Å². The first-order chi connectivity index (χ1) is 18.6. The normalized spacial score (nSPS) is 13.2. The third-order valence-electron chi connectivity index (χ3n) is 7.74. The van der Waals surface area contributed by atoms with E-state index < -0.39 is 7.21 Å². The molecule has 2 N–H and O–H groups in total. The van der Waals surface area contributed by atoms with Crippen LogP contribution >= 0.6 is 7.21 Å². The van der Waals surface area contributed by atoms with Crippen LogP contribution in [0.2, 0.25) is 0 Å². The Morgan fingerprint density at radius 3 is 1.62 bits per heavy atom. The monoisotopic (exact) mass is 567 g/mol. The van der Waals surface area contributed by atoms with Crippen LogP contribution in [0.5, 0.6) is 0 Å². The van der Waals surface area contributed by atoms with Gasteiger partial charge in [0.15, 0.2) is 0 Å². The van der Waals surface area contributed by atoms with Crippen LogP contribution in [0.15, 0.2) is 30.3 Å². The van der Waals surface area contributed by atoms with Crippen molar-refractivity contribution in [3.05, 3.63) is 35.9 Å². The molecule has 0 aliphatic rings. The number of carbonyl (C=O) groups excluding carboxylic acids is 1. The topological polar surface area (TPSA) is 70.0 Å². The van der Waals surface area contributed by atoms with Gasteiger partial charge in [0.1, 0.15) is 0 Å². The first-order valence-corrected chi connectivity index (χ1v) is 18.5. The summed E-state index contributed by atoms with van der Waals surface area (Å²) in [5.74, 6) is -0.233. The summed E-state index contributed by atoms with van der Waals surface area (Å²) < 4.78 is 7.36. The van der Waals surface area contributed by atoms with E-state index in [9.17, 15) is 14.6 Å². The molecule has 228 valence electrons. The molecule has 5 nitrogen and oxygen atoms in total. The molecule has 1 aromatic carbocycles. The van der Waals surface area contributed by atoms with Crippen molar-refractivity contribution in [3.63, 3.8) is 0 Å². The molecule has 0 saturated heterocycles. The van der Waals surface area contributed by atoms with Gasteiger partial charge >= 0.3 is 183 Å². The van der Waals surface area contributed by atoms with Crippen LogP contribution in [-0.2, 0) is 15.7 Å². The summed E-state index contributed by atoms with van der Waals surface area (Å²) in [5.41, 5.74) is 0.885. The summed E-state index contributed by atoms with van der Waals surface area (Å²) in [6.45, 7) is 10.3. The number of hydrogen-bond acceptors (Lipinski definition) is 5. The zero-order valence-corrected chi connectivity index (χ0v) is 27.0. The Morgan fingerprint density at radius 2 is 1.18 bits per heavy atom. The van der Waals surface area contributed by atoms with E-state index in [4.69, 9.17) is 4.74 Å². The summed E-state index contributed by atoms with van der Waals surface area (Å²) in [7, 11) is -4.33. The van der Waals surface area contributed by atoms with E-state index in [1.54, 1.807) is 0 Å². The Balaban J connectivity index is 2.27. The summed E-state index contributed by atoms with van der Waals surface area (Å²) in [4.78, 5) is 36.1. The van der Waals surface area contributed by atoms with Crippen LogP contribution in [0.3, 0.4) is 0 Å². The Morgan fingerprint density at radius 1 is 0.744 bits per heavy atom. The predicted octanol–water partition coefficient (Wildman–Crippen LogP) is 9.39. The molecule has 0 unspecified atom stereocenters. The van der Waals surface area contributed by atoms with Crippen molar-refractivity contribution in [2.45, 2.75) is 156 Å². The van der Waals surface area contributed by atoms with Gasteiger partial charge in [0.25, 0.3) is 0 Å². The van der Waals surface area contributed by atoms with Crippen LogP contribution in [0, 0.1) is 0 Å². The molecule has 0 fully saturated rings. The standard InChI is InChI=1S/C33H62NO4P/c1-6-7-8-9-10-11-12-13-14-15-16-17-18-19-23-26-33(35)38-27-28-39(36,37,34(30(2)3)31(4)5)29-32-24-21-20-22-25-32/h20-22,24-25,30-31,36-37H,6-19,23,26-29H2,1-5H3. The second-order valence-corrected chi connectivity index (χ2v) is 16.1. The van der Waals surface area contributed by atoms with Crippen molar-refractivity contribution in [1.29, 1.82) is 0 Å². The Hall–Kier alpha value is -1.00. The van der Waals surface area contributed by atoms with Gasteiger partial charge in [0.05, 0.1) is 0 Å². The van der Waals surface area contributed by atoms with Crippen molar-refractivity contribution in [2.24, 2.45) is 0 Å². The van der Waals surface area contributed by atoms with Crippen LogP contribution in [0.4, 0.5) is 0 Å². The molecule has 0 atom stereocenters. The van der Waals surface area contributed by atoms with Gasteiger partial charge in [0.2, 0.25) is 0 Å². The molecule has 0 aliphatic carbocycles. The van der Waals surface area contributed by atoms with Crippen LogP contribution in [0.1, 0.15) is 143 Å². The first-order valence-electron chi connectivity index (χ1n) is 16.1. The number of ether oxygens (including phenoxy) is 1. The van der Waals surface area contributed by atoms with Crippen LogP contribution in [0.25, 0.3) is 0 Å². The number of rotatable bonds is 24. The first kappa shape index (κ1) is 36.0. The molecular weight excluding hydrogens is 505 g/mol. The Labute approximate surface area is 241 Å². The molecule has 1 aromatic rings. The minimum atomic E-state index is -4.33. The molecule has 0 heterocycles. The molecule has 0 radical (unpaired) electrons. The molecule has 0 bridgehead atoms. The van der Waals surface area contributed by atoms with E-state index in [0.717, 1.165) is 18.4 Å². The fraction of sp³-hybridized carbons (Fsp3) is 0.788. The van der Waals surface area contributed by atoms with Gasteiger partial charge in [0, 0.05) is 0 Å². The number of nitrogens with zero attached hydrogens (tertiary/aromatic N) is 1. The van der Waals surface area contributed by atoms with E-state index in [-0.39, 0.29) is 37.0 Å². The summed E-state index contributed by atoms with van der Waals surface area (Å²) in [5, 5.41) is 0. The summed E-state index contributed by atoms with van der Waals surface area (Å²) >= 11 is 0. The second-order valence-electron chi connectivity index (χ2n) is 12.2. The van der Waals surface area contributed by atoms with Crippen molar-refractivity contribution >= 4 is 13.2 Å². The van der Waals surface area contributed by atoms with Crippen LogP contribution in [-0.4, -0.2) is 45.3 Å². The molecule has 39 heavy (non-hydrogen) atoms. The zero-order valence-electron chi connectivity index (χ0n) is 26.1. The number of carbonyl (C=O) groups is 1. The molecule has 0 saturated carbocycles. The van der Waals surface area contributed by atoms with Gasteiger partial charge in [-0.1, -0.05) is 58.3 Å². The number of esters is 1. The maximum atomic E-state index is 12.4. The molecule has 6 heteroatoms. The molecule has 0 spiro atoms. The predicted molar refractivity (Wildman–Crippen MR) is 169 cm³/mol. The van der Waals surface area contributed by atoms with Crippen molar-refractivity contribution in [2.75, 3.05) is 12.8 Å². The van der Waals surface area contributed by atoms with Gasteiger partial charge in [-0.15, -0.1) is 0 Å². The third kappa shape index (κ3) is 15.5. The van der Waals surface area contributed by atoms with E-state index in [1.165, 1.54) is 83.5 Å². The fourth-order valence-corrected chi connectivity index (χ4v) is 10.1. The second kappa shape index (κ2) is 20.0. The third-order valence-corrected chi connectivity index (χ3v) is 11.8. The SMILES string of the molecule is CCCCCCCCCCCCCCCCCC(=O)OCCP(O)(O)(Cc1ccccc1)N(C(C)C)C(C)C. The van der Waals surface area contributed by atoms with Gasteiger partial charge in [-0.2, -0.15) is 0 Å². The maximum absolute atomic E-state index is 12.4. The summed E-state index contributed by atoms with van der Waals surface area (Å²) in [6, 6.07) is 9.52. The Kier molecular flexibility index (Phi) is 18.4. The zero-order chi connectivity index (χ0) is 29.0. The molecule has 0 amide bonds. The number of unbranched alkanes of at least 4 members (excludes halogenated alkanes) is 14. The quantitative estimate of drug-likeness (QED) is 0.0740. The number of hydrogen-bond donors (Lipinski definition) is 2. The molecule has 1 rings (SSSR count). The van der Waals surface area contributed by atoms with E-state index in [1.807, 2.05) is 62.7 Å². The number of benzene rings is 1. The van der Waals surface area contributed by atoms with Gasteiger partial charge in [-0.05, 0) is 0 Å². The Bertz CT molecular complexity index is 745. The average molecular weight is 568 g/mol. The minimum absolute atomic E-state index is 0.0329. The van der Waals surface area contributed by atoms with E-state index >= 15 is 0 Å².